The molecule has 1 saturated heterocycles. The normalized spacial score (nSPS) is 16.9. The predicted octanol–water partition coefficient (Wildman–Crippen LogP) is 2.10. The highest BCUT2D eigenvalue weighted by Crippen LogP contribution is 2.21. The lowest BCUT2D eigenvalue weighted by Crippen LogP contribution is -2.38. The van der Waals surface area contributed by atoms with Crippen LogP contribution in [0.25, 0.3) is 0 Å². The molecule has 108 valence electrons. The molecule has 0 aromatic heterocycles. The first-order valence-electron chi connectivity index (χ1n) is 7.16. The van der Waals surface area contributed by atoms with Gasteiger partial charge in [-0.3, -0.25) is 14.5 Å². The van der Waals surface area contributed by atoms with Crippen molar-refractivity contribution in [3.63, 3.8) is 0 Å². The molecular formula is C16H22N2O2. The highest BCUT2D eigenvalue weighted by molar-refractivity contribution is 6.01. The number of nitrogens with zero attached hydrogens (tertiary/aromatic N) is 1. The number of imide groups is 1. The third kappa shape index (κ3) is 3.25. The molecule has 1 N–H and O–H groups in total. The van der Waals surface area contributed by atoms with E-state index >= 15 is 0 Å². The van der Waals surface area contributed by atoms with E-state index in [2.05, 4.69) is 37.4 Å². The molecule has 0 aliphatic carbocycles. The minimum Gasteiger partial charge on any atom is -0.309 e. The van der Waals surface area contributed by atoms with E-state index in [1.807, 2.05) is 6.92 Å². The topological polar surface area (TPSA) is 49.4 Å². The zero-order chi connectivity index (χ0) is 14.7. The summed E-state index contributed by atoms with van der Waals surface area (Å²) in [5.41, 5.74) is 3.53. The van der Waals surface area contributed by atoms with Crippen LogP contribution >= 0.6 is 0 Å². The summed E-state index contributed by atoms with van der Waals surface area (Å²) in [5, 5.41) is 3.38. The molecule has 1 fully saturated rings. The van der Waals surface area contributed by atoms with Gasteiger partial charge in [0.05, 0.1) is 6.04 Å². The SMILES string of the molecule is CCNC(CN1C(=O)CCC1=O)c1cc(C)cc(C)c1. The number of hydrogen-bond acceptors (Lipinski definition) is 3. The molecule has 1 aliphatic heterocycles. The zero-order valence-electron chi connectivity index (χ0n) is 12.4. The van der Waals surface area contributed by atoms with Gasteiger partial charge >= 0.3 is 0 Å². The van der Waals surface area contributed by atoms with Crippen LogP contribution < -0.4 is 5.32 Å². The fourth-order valence-corrected chi connectivity index (χ4v) is 2.75. The average molecular weight is 274 g/mol. The first-order valence-corrected chi connectivity index (χ1v) is 7.16. The molecule has 4 nitrogen and oxygen atoms in total. The van der Waals surface area contributed by atoms with Crippen LogP contribution in [0.2, 0.25) is 0 Å². The van der Waals surface area contributed by atoms with Crippen molar-refractivity contribution in [3.05, 3.63) is 34.9 Å². The Bertz CT molecular complexity index is 489. The van der Waals surface area contributed by atoms with Crippen molar-refractivity contribution in [2.24, 2.45) is 0 Å². The molecule has 0 bridgehead atoms. The van der Waals surface area contributed by atoms with Crippen molar-refractivity contribution in [2.75, 3.05) is 13.1 Å². The molecule has 1 unspecified atom stereocenters. The fraction of sp³-hybridized carbons (Fsp3) is 0.500. The maximum absolute atomic E-state index is 11.8. The van der Waals surface area contributed by atoms with Gasteiger partial charge in [-0.25, -0.2) is 0 Å². The van der Waals surface area contributed by atoms with Crippen LogP contribution in [0.15, 0.2) is 18.2 Å². The Morgan fingerprint density at radius 3 is 2.15 bits per heavy atom. The van der Waals surface area contributed by atoms with Crippen molar-refractivity contribution in [2.45, 2.75) is 39.7 Å². The molecule has 0 radical (unpaired) electrons. The van der Waals surface area contributed by atoms with Gasteiger partial charge < -0.3 is 5.32 Å². The van der Waals surface area contributed by atoms with Crippen molar-refractivity contribution in [3.8, 4) is 0 Å². The molecule has 1 aromatic carbocycles. The van der Waals surface area contributed by atoms with Gasteiger partial charge in [-0.2, -0.15) is 0 Å². The average Bonchev–Trinajstić information content (AvgIpc) is 2.68. The molecule has 2 rings (SSSR count). The lowest BCUT2D eigenvalue weighted by Gasteiger charge is -2.24. The first kappa shape index (κ1) is 14.7. The second-order valence-corrected chi connectivity index (χ2v) is 5.43. The van der Waals surface area contributed by atoms with Crippen LogP contribution in [0.1, 0.15) is 42.5 Å². The van der Waals surface area contributed by atoms with Gasteiger partial charge in [-0.05, 0) is 26.0 Å². The molecule has 0 spiro atoms. The summed E-state index contributed by atoms with van der Waals surface area (Å²) in [6, 6.07) is 6.36. The van der Waals surface area contributed by atoms with E-state index in [-0.39, 0.29) is 17.9 Å². The van der Waals surface area contributed by atoms with Gasteiger partial charge in [0.25, 0.3) is 0 Å². The smallest absolute Gasteiger partial charge is 0.229 e. The quantitative estimate of drug-likeness (QED) is 0.837. The van der Waals surface area contributed by atoms with Crippen LogP contribution in [0.5, 0.6) is 0 Å². The summed E-state index contributed by atoms with van der Waals surface area (Å²) >= 11 is 0. The van der Waals surface area contributed by atoms with Gasteiger partial charge in [0.15, 0.2) is 0 Å². The van der Waals surface area contributed by atoms with Crippen molar-refractivity contribution in [1.29, 1.82) is 0 Å². The predicted molar refractivity (Wildman–Crippen MR) is 78.3 cm³/mol. The number of likely N-dealkylation sites (N-methyl/N-ethyl adjacent to an activating group) is 1. The third-order valence-corrected chi connectivity index (χ3v) is 3.62. The van der Waals surface area contributed by atoms with Gasteiger partial charge in [0.2, 0.25) is 11.8 Å². The monoisotopic (exact) mass is 274 g/mol. The Labute approximate surface area is 120 Å². The molecule has 2 amide bonds. The highest BCUT2D eigenvalue weighted by Gasteiger charge is 2.31. The maximum Gasteiger partial charge on any atom is 0.229 e. The lowest BCUT2D eigenvalue weighted by atomic mass is 10.0. The Morgan fingerprint density at radius 2 is 1.65 bits per heavy atom. The summed E-state index contributed by atoms with van der Waals surface area (Å²) < 4.78 is 0. The van der Waals surface area contributed by atoms with Gasteiger partial charge in [-0.15, -0.1) is 0 Å². The lowest BCUT2D eigenvalue weighted by molar-refractivity contribution is -0.138. The Morgan fingerprint density at radius 1 is 1.10 bits per heavy atom. The van der Waals surface area contributed by atoms with E-state index in [1.54, 1.807) is 0 Å². The van der Waals surface area contributed by atoms with Crippen LogP contribution in [0, 0.1) is 13.8 Å². The summed E-state index contributed by atoms with van der Waals surface area (Å²) in [6.07, 6.45) is 0.703. The minimum absolute atomic E-state index is 0.00426. The van der Waals surface area contributed by atoms with E-state index in [0.717, 1.165) is 12.1 Å². The number of nitrogens with one attached hydrogen (secondary N) is 1. The number of carbonyl (C=O) groups excluding carboxylic acids is 2. The van der Waals surface area contributed by atoms with E-state index in [1.165, 1.54) is 16.0 Å². The number of carbonyl (C=O) groups is 2. The van der Waals surface area contributed by atoms with Gasteiger partial charge in [0, 0.05) is 19.4 Å². The number of rotatable bonds is 5. The van der Waals surface area contributed by atoms with E-state index in [4.69, 9.17) is 0 Å². The second-order valence-electron chi connectivity index (χ2n) is 5.43. The molecule has 1 aromatic rings. The summed E-state index contributed by atoms with van der Waals surface area (Å²) in [7, 11) is 0. The Hall–Kier alpha value is -1.68. The molecule has 1 atom stereocenters. The van der Waals surface area contributed by atoms with E-state index in [0.29, 0.717) is 19.4 Å². The fourth-order valence-electron chi connectivity index (χ4n) is 2.75. The van der Waals surface area contributed by atoms with Crippen LogP contribution in [0.4, 0.5) is 0 Å². The number of likely N-dealkylation sites (tertiary alicyclic amines) is 1. The highest BCUT2D eigenvalue weighted by atomic mass is 16.2. The van der Waals surface area contributed by atoms with Crippen molar-refractivity contribution in [1.82, 2.24) is 10.2 Å². The molecule has 0 saturated carbocycles. The number of benzene rings is 1. The van der Waals surface area contributed by atoms with Crippen LogP contribution in [0.3, 0.4) is 0 Å². The molecule has 1 aliphatic rings. The number of aryl methyl sites for hydroxylation is 2. The number of amides is 2. The Kier molecular flexibility index (Phi) is 4.55. The third-order valence-electron chi connectivity index (χ3n) is 3.62. The summed E-state index contributed by atoms with van der Waals surface area (Å²) in [5.74, 6) is -0.107. The van der Waals surface area contributed by atoms with Gasteiger partial charge in [-0.1, -0.05) is 36.2 Å². The van der Waals surface area contributed by atoms with Crippen molar-refractivity contribution < 1.29 is 9.59 Å². The minimum atomic E-state index is -0.0534. The molecule has 4 heteroatoms. The zero-order valence-corrected chi connectivity index (χ0v) is 12.4. The van der Waals surface area contributed by atoms with E-state index in [9.17, 15) is 9.59 Å². The summed E-state index contributed by atoms with van der Waals surface area (Å²) in [4.78, 5) is 24.9. The summed E-state index contributed by atoms with van der Waals surface area (Å²) in [6.45, 7) is 7.38. The van der Waals surface area contributed by atoms with Crippen LogP contribution in [-0.2, 0) is 9.59 Å². The standard InChI is InChI=1S/C16H22N2O2/c1-4-17-14(10-18-15(19)5-6-16(18)20)13-8-11(2)7-12(3)9-13/h7-9,14,17H,4-6,10H2,1-3H3. The largest absolute Gasteiger partial charge is 0.309 e. The second kappa shape index (κ2) is 6.18. The van der Waals surface area contributed by atoms with E-state index < -0.39 is 0 Å². The first-order chi connectivity index (χ1) is 9.51. The van der Waals surface area contributed by atoms with Gasteiger partial charge in [0.1, 0.15) is 0 Å². The maximum atomic E-state index is 11.8. The Balaban J connectivity index is 2.22. The molecule has 1 heterocycles. The number of hydrogen-bond donors (Lipinski definition) is 1. The van der Waals surface area contributed by atoms with Crippen molar-refractivity contribution >= 4 is 11.8 Å². The molecular weight excluding hydrogens is 252 g/mol. The molecule has 20 heavy (non-hydrogen) atoms. The van der Waals surface area contributed by atoms with Crippen LogP contribution in [-0.4, -0.2) is 29.8 Å².